The first-order valence-corrected chi connectivity index (χ1v) is 9.57. The van der Waals surface area contributed by atoms with E-state index in [0.29, 0.717) is 6.17 Å². The van der Waals surface area contributed by atoms with Gasteiger partial charge in [-0.25, -0.2) is 16.8 Å². The molecule has 0 spiro atoms. The second kappa shape index (κ2) is 8.62. The van der Waals surface area contributed by atoms with Crippen molar-refractivity contribution in [3.63, 3.8) is 0 Å². The van der Waals surface area contributed by atoms with Gasteiger partial charge in [0.25, 0.3) is 0 Å². The standard InChI is InChI=1S/C8H17N3.C2F6NO4S2/c1-8-10(2)6-7-11(8)5-3-4-9;3-1(4,5)14(10,11)9-15(12,13)2(6,7)8/h6-8H,3-5,9H2,1-2H3;/q;-1. The van der Waals surface area contributed by atoms with Gasteiger partial charge in [-0.15, -0.1) is 0 Å². The molecular formula is C10H17F6N4O4S2-. The van der Waals surface area contributed by atoms with Gasteiger partial charge in [-0.3, -0.25) is 0 Å². The number of hydrogen-bond donors (Lipinski definition) is 1. The lowest BCUT2D eigenvalue weighted by molar-refractivity contribution is -0.0444. The van der Waals surface area contributed by atoms with E-state index in [1.807, 2.05) is 0 Å². The number of nitrogens with two attached hydrogens (primary N) is 1. The van der Waals surface area contributed by atoms with Crippen LogP contribution in [0.5, 0.6) is 0 Å². The molecule has 8 nitrogen and oxygen atoms in total. The smallest absolute Gasteiger partial charge is 0.421 e. The zero-order chi connectivity index (χ0) is 21.0. The highest BCUT2D eigenvalue weighted by atomic mass is 32.3. The predicted molar refractivity (Wildman–Crippen MR) is 80.1 cm³/mol. The van der Waals surface area contributed by atoms with Crippen molar-refractivity contribution in [2.24, 2.45) is 5.73 Å². The van der Waals surface area contributed by atoms with E-state index in [0.717, 1.165) is 23.6 Å². The van der Waals surface area contributed by atoms with Crippen LogP contribution >= 0.6 is 0 Å². The lowest BCUT2D eigenvalue weighted by Gasteiger charge is -2.26. The molecule has 0 aromatic rings. The lowest BCUT2D eigenvalue weighted by atomic mass is 10.4. The summed E-state index contributed by atoms with van der Waals surface area (Å²) in [5, 5.41) is 0. The van der Waals surface area contributed by atoms with E-state index in [-0.39, 0.29) is 0 Å². The summed E-state index contributed by atoms with van der Waals surface area (Å²) in [5.74, 6) is 0. The normalized spacial score (nSPS) is 18.7. The van der Waals surface area contributed by atoms with Gasteiger partial charge in [-0.05, 0) is 19.9 Å². The van der Waals surface area contributed by atoms with Crippen molar-refractivity contribution in [2.75, 3.05) is 20.1 Å². The van der Waals surface area contributed by atoms with E-state index >= 15 is 0 Å². The molecule has 1 aliphatic heterocycles. The molecule has 1 heterocycles. The van der Waals surface area contributed by atoms with Gasteiger partial charge < -0.3 is 19.7 Å². The molecule has 2 N–H and O–H groups in total. The molecule has 0 aromatic carbocycles. The minimum Gasteiger partial charge on any atom is -0.421 e. The van der Waals surface area contributed by atoms with Gasteiger partial charge in [-0.1, -0.05) is 0 Å². The number of nitrogens with zero attached hydrogens (tertiary/aromatic N) is 3. The predicted octanol–water partition coefficient (Wildman–Crippen LogP) is 1.46. The quantitative estimate of drug-likeness (QED) is 0.650. The van der Waals surface area contributed by atoms with Gasteiger partial charge >= 0.3 is 11.0 Å². The number of alkyl halides is 6. The molecule has 1 atom stereocenters. The monoisotopic (exact) mass is 435 g/mol. The number of halogens is 6. The summed E-state index contributed by atoms with van der Waals surface area (Å²) >= 11 is 0. The summed E-state index contributed by atoms with van der Waals surface area (Å²) in [6.07, 6.45) is 5.80. The molecule has 0 saturated carbocycles. The van der Waals surface area contributed by atoms with Crippen LogP contribution in [0, 0.1) is 0 Å². The zero-order valence-electron chi connectivity index (χ0n) is 13.5. The Bertz CT molecular complexity index is 647. The first-order valence-electron chi connectivity index (χ1n) is 6.69. The molecule has 0 aromatic heterocycles. The molecule has 0 fully saturated rings. The van der Waals surface area contributed by atoms with Crippen molar-refractivity contribution in [1.29, 1.82) is 0 Å². The fraction of sp³-hybridized carbons (Fsp3) is 0.800. The molecule has 0 aliphatic carbocycles. The van der Waals surface area contributed by atoms with Gasteiger partial charge in [-0.2, -0.15) is 26.3 Å². The summed E-state index contributed by atoms with van der Waals surface area (Å²) in [7, 11) is -11.4. The number of hydrogen-bond acceptors (Lipinski definition) is 7. The Labute approximate surface area is 146 Å². The largest absolute Gasteiger partial charge is 0.480 e. The van der Waals surface area contributed by atoms with E-state index in [1.54, 1.807) is 0 Å². The highest BCUT2D eigenvalue weighted by Gasteiger charge is 2.46. The van der Waals surface area contributed by atoms with Crippen LogP contribution in [0.25, 0.3) is 4.13 Å². The van der Waals surface area contributed by atoms with Gasteiger partial charge in [0.1, 0.15) is 0 Å². The maximum atomic E-state index is 11.4. The SMILES string of the molecule is CC1N(C)C=CN1CCCN.O=S(=O)([N-]S(=O)(=O)C(F)(F)F)C(F)(F)F. The van der Waals surface area contributed by atoms with E-state index in [9.17, 15) is 43.2 Å². The van der Waals surface area contributed by atoms with Gasteiger partial charge in [0.05, 0.1) is 6.17 Å². The molecule has 26 heavy (non-hydrogen) atoms. The topological polar surface area (TPSA) is 115 Å². The molecule has 0 radical (unpaired) electrons. The molecule has 1 aliphatic rings. The van der Waals surface area contributed by atoms with Gasteiger partial charge in [0.15, 0.2) is 20.0 Å². The fourth-order valence-corrected chi connectivity index (χ4v) is 3.13. The van der Waals surface area contributed by atoms with Crippen LogP contribution in [0.1, 0.15) is 13.3 Å². The Morgan fingerprint density at radius 1 is 1.00 bits per heavy atom. The fourth-order valence-electron chi connectivity index (χ4n) is 1.42. The van der Waals surface area contributed by atoms with Crippen LogP contribution in [0.4, 0.5) is 26.3 Å². The Balaban J connectivity index is 0.000000502. The Morgan fingerprint density at radius 2 is 1.42 bits per heavy atom. The van der Waals surface area contributed by atoms with Crippen LogP contribution in [0.3, 0.4) is 0 Å². The first kappa shape index (κ1) is 24.7. The van der Waals surface area contributed by atoms with Crippen LogP contribution < -0.4 is 5.73 Å². The molecule has 1 unspecified atom stereocenters. The Kier molecular flexibility index (Phi) is 8.20. The molecule has 0 bridgehead atoms. The van der Waals surface area contributed by atoms with Crippen molar-refractivity contribution >= 4 is 20.0 Å². The van der Waals surface area contributed by atoms with Crippen LogP contribution in [0.2, 0.25) is 0 Å². The molecule has 1 rings (SSSR count). The van der Waals surface area contributed by atoms with E-state index in [1.165, 1.54) is 0 Å². The van der Waals surface area contributed by atoms with Crippen LogP contribution in [-0.2, 0) is 20.0 Å². The number of sulfonamides is 2. The zero-order valence-corrected chi connectivity index (χ0v) is 15.1. The Morgan fingerprint density at radius 3 is 1.69 bits per heavy atom. The third-order valence-corrected chi connectivity index (χ3v) is 5.70. The van der Waals surface area contributed by atoms with Crippen LogP contribution in [0.15, 0.2) is 12.4 Å². The number of rotatable bonds is 5. The summed E-state index contributed by atoms with van der Waals surface area (Å²) in [6, 6.07) is 0. The van der Waals surface area contributed by atoms with Crippen molar-refractivity contribution in [1.82, 2.24) is 9.80 Å². The first-order chi connectivity index (χ1) is 11.5. The maximum Gasteiger partial charge on any atom is 0.480 e. The average Bonchev–Trinajstić information content (AvgIpc) is 2.73. The summed E-state index contributed by atoms with van der Waals surface area (Å²) in [4.78, 5) is 4.49. The average molecular weight is 435 g/mol. The Hall–Kier alpha value is -1.26. The van der Waals surface area contributed by atoms with E-state index < -0.39 is 31.1 Å². The van der Waals surface area contributed by atoms with Gasteiger partial charge in [0, 0.05) is 26.0 Å². The highest BCUT2D eigenvalue weighted by Crippen LogP contribution is 2.36. The second-order valence-corrected chi connectivity index (χ2v) is 8.31. The highest BCUT2D eigenvalue weighted by molar-refractivity contribution is 8.13. The minimum atomic E-state index is -6.72. The molecule has 156 valence electrons. The summed E-state index contributed by atoms with van der Waals surface area (Å²) in [5.41, 5.74) is -6.98. The minimum absolute atomic E-state index is 0.501. The third kappa shape index (κ3) is 6.81. The molecule has 0 amide bonds. The van der Waals surface area contributed by atoms with Crippen LogP contribution in [-0.4, -0.2) is 64.0 Å². The summed E-state index contributed by atoms with van der Waals surface area (Å²) in [6.45, 7) is 4.04. The molecule has 0 saturated heterocycles. The van der Waals surface area contributed by atoms with Crippen molar-refractivity contribution in [3.8, 4) is 0 Å². The van der Waals surface area contributed by atoms with Gasteiger partial charge in [0.2, 0.25) is 0 Å². The lowest BCUT2D eigenvalue weighted by Crippen LogP contribution is -2.34. The molecule has 16 heteroatoms. The van der Waals surface area contributed by atoms with Crippen molar-refractivity contribution in [3.05, 3.63) is 16.5 Å². The maximum absolute atomic E-state index is 11.4. The van der Waals surface area contributed by atoms with Crippen molar-refractivity contribution in [2.45, 2.75) is 30.5 Å². The van der Waals surface area contributed by atoms with Crippen molar-refractivity contribution < 1.29 is 43.2 Å². The summed E-state index contributed by atoms with van der Waals surface area (Å²) < 4.78 is 109. The second-order valence-electron chi connectivity index (χ2n) is 4.89. The molecular weight excluding hydrogens is 418 g/mol. The van der Waals surface area contributed by atoms with E-state index in [2.05, 4.69) is 36.2 Å². The third-order valence-electron chi connectivity index (χ3n) is 2.96. The van der Waals surface area contributed by atoms with E-state index in [4.69, 9.17) is 5.73 Å².